The molecule has 0 saturated heterocycles. The first-order valence-electron chi connectivity index (χ1n) is 8.57. The molecular formula is C19H15ClF3N3O3S. The van der Waals surface area contributed by atoms with Crippen molar-refractivity contribution >= 4 is 28.8 Å². The fourth-order valence-corrected chi connectivity index (χ4v) is 3.40. The van der Waals surface area contributed by atoms with Gasteiger partial charge in [-0.05, 0) is 49.4 Å². The van der Waals surface area contributed by atoms with Crippen molar-refractivity contribution in [3.05, 3.63) is 52.5 Å². The average molecular weight is 458 g/mol. The molecule has 3 rings (SSSR count). The monoisotopic (exact) mass is 457 g/mol. The maximum Gasteiger partial charge on any atom is 0.573 e. The molecule has 0 aliphatic heterocycles. The summed E-state index contributed by atoms with van der Waals surface area (Å²) >= 11 is 7.19. The molecule has 30 heavy (non-hydrogen) atoms. The maximum atomic E-state index is 12.5. The lowest BCUT2D eigenvalue weighted by atomic mass is 10.1. The van der Waals surface area contributed by atoms with Crippen LogP contribution in [0.2, 0.25) is 4.34 Å². The minimum atomic E-state index is -4.79. The molecule has 0 saturated carbocycles. The Balaban J connectivity index is 2.00. The summed E-state index contributed by atoms with van der Waals surface area (Å²) in [6, 6.07) is 9.38. The van der Waals surface area contributed by atoms with Gasteiger partial charge in [0.05, 0.1) is 21.5 Å². The van der Waals surface area contributed by atoms with E-state index in [0.717, 1.165) is 12.1 Å². The highest BCUT2D eigenvalue weighted by Crippen LogP contribution is 2.31. The predicted molar refractivity (Wildman–Crippen MR) is 106 cm³/mol. The van der Waals surface area contributed by atoms with Gasteiger partial charge in [-0.2, -0.15) is 0 Å². The van der Waals surface area contributed by atoms with Gasteiger partial charge in [-0.3, -0.25) is 4.79 Å². The summed E-state index contributed by atoms with van der Waals surface area (Å²) in [5.41, 5.74) is 0.820. The van der Waals surface area contributed by atoms with Crippen molar-refractivity contribution < 1.29 is 27.8 Å². The highest BCUT2D eigenvalue weighted by atomic mass is 35.5. The normalized spacial score (nSPS) is 12.5. The van der Waals surface area contributed by atoms with Gasteiger partial charge in [-0.25, -0.2) is 9.97 Å². The number of ether oxygens (including phenoxy) is 1. The van der Waals surface area contributed by atoms with Crippen LogP contribution in [-0.4, -0.2) is 40.0 Å². The van der Waals surface area contributed by atoms with Gasteiger partial charge in [-0.1, -0.05) is 11.6 Å². The van der Waals surface area contributed by atoms with Gasteiger partial charge in [0.2, 0.25) is 0 Å². The molecule has 1 amide bonds. The molecule has 3 aromatic rings. The molecule has 0 bridgehead atoms. The number of thiophene rings is 1. The van der Waals surface area contributed by atoms with Crippen LogP contribution < -0.4 is 10.1 Å². The Kier molecular flexibility index (Phi) is 6.59. The van der Waals surface area contributed by atoms with Gasteiger partial charge in [0.25, 0.3) is 5.91 Å². The van der Waals surface area contributed by atoms with E-state index in [1.54, 1.807) is 19.1 Å². The molecule has 0 unspecified atom stereocenters. The highest BCUT2D eigenvalue weighted by molar-refractivity contribution is 7.19. The topological polar surface area (TPSA) is 84.3 Å². The number of carbonyl (C=O) groups excluding carboxylic acids is 1. The molecule has 0 fully saturated rings. The zero-order chi connectivity index (χ0) is 21.9. The summed E-state index contributed by atoms with van der Waals surface area (Å²) in [5, 5.41) is 11.7. The largest absolute Gasteiger partial charge is 0.573 e. The molecule has 0 radical (unpaired) electrons. The van der Waals surface area contributed by atoms with Crippen molar-refractivity contribution in [2.45, 2.75) is 19.3 Å². The molecule has 0 aliphatic carbocycles. The Hall–Kier alpha value is -2.69. The highest BCUT2D eigenvalue weighted by Gasteiger charge is 2.31. The summed E-state index contributed by atoms with van der Waals surface area (Å²) in [6.45, 7) is 1.37. The fourth-order valence-electron chi connectivity index (χ4n) is 2.43. The van der Waals surface area contributed by atoms with Gasteiger partial charge in [0.1, 0.15) is 11.4 Å². The number of amides is 1. The Morgan fingerprint density at radius 2 is 1.93 bits per heavy atom. The van der Waals surface area contributed by atoms with E-state index in [2.05, 4.69) is 20.0 Å². The number of aliphatic hydroxyl groups is 1. The van der Waals surface area contributed by atoms with Crippen LogP contribution in [0.4, 0.5) is 13.2 Å². The van der Waals surface area contributed by atoms with Crippen molar-refractivity contribution in [3.8, 4) is 27.7 Å². The fraction of sp³-hybridized carbons (Fsp3) is 0.211. The number of rotatable bonds is 6. The SMILES string of the molecule is C[C@@H](CO)NC(=O)c1cc(-c2ccc(OC(F)(F)F)cc2)nc(-c2ccc(Cl)s2)n1. The van der Waals surface area contributed by atoms with E-state index in [-0.39, 0.29) is 23.9 Å². The molecule has 1 aromatic carbocycles. The second-order valence-electron chi connectivity index (χ2n) is 6.20. The Labute approximate surface area is 178 Å². The molecule has 2 heterocycles. The van der Waals surface area contributed by atoms with Crippen LogP contribution in [0.3, 0.4) is 0 Å². The van der Waals surface area contributed by atoms with E-state index < -0.39 is 18.3 Å². The van der Waals surface area contributed by atoms with E-state index >= 15 is 0 Å². The van der Waals surface area contributed by atoms with Gasteiger partial charge in [0, 0.05) is 11.6 Å². The second-order valence-corrected chi connectivity index (χ2v) is 7.91. The minimum Gasteiger partial charge on any atom is -0.406 e. The van der Waals surface area contributed by atoms with Crippen LogP contribution in [0.5, 0.6) is 5.75 Å². The first-order valence-corrected chi connectivity index (χ1v) is 9.77. The molecular weight excluding hydrogens is 443 g/mol. The van der Waals surface area contributed by atoms with Crippen LogP contribution in [0.25, 0.3) is 22.0 Å². The number of nitrogens with one attached hydrogen (secondary N) is 1. The zero-order valence-corrected chi connectivity index (χ0v) is 17.0. The standard InChI is InChI=1S/C19H15ClF3N3O3S/c1-10(9-27)24-18(28)14-8-13(25-17(26-14)15-6-7-16(20)30-15)11-2-4-12(5-3-11)29-19(21,22)23/h2-8,10,27H,9H2,1H3,(H,24,28)/t10-/m0/s1. The van der Waals surface area contributed by atoms with Crippen molar-refractivity contribution in [2.75, 3.05) is 6.61 Å². The van der Waals surface area contributed by atoms with Gasteiger partial charge >= 0.3 is 6.36 Å². The second kappa shape index (κ2) is 8.99. The average Bonchev–Trinajstić information content (AvgIpc) is 3.13. The van der Waals surface area contributed by atoms with Crippen LogP contribution >= 0.6 is 22.9 Å². The lowest BCUT2D eigenvalue weighted by Crippen LogP contribution is -2.35. The Morgan fingerprint density at radius 1 is 1.23 bits per heavy atom. The summed E-state index contributed by atoms with van der Waals surface area (Å²) < 4.78 is 41.5. The van der Waals surface area contributed by atoms with Gasteiger partial charge in [-0.15, -0.1) is 24.5 Å². The number of alkyl halides is 3. The number of hydrogen-bond acceptors (Lipinski definition) is 6. The summed E-state index contributed by atoms with van der Waals surface area (Å²) in [7, 11) is 0. The van der Waals surface area contributed by atoms with Crippen LogP contribution in [0, 0.1) is 0 Å². The maximum absolute atomic E-state index is 12.5. The molecule has 0 aliphatic rings. The third-order valence-corrected chi connectivity index (χ3v) is 5.01. The summed E-state index contributed by atoms with van der Waals surface area (Å²) in [4.78, 5) is 21.8. The van der Waals surface area contributed by atoms with Gasteiger partial charge < -0.3 is 15.2 Å². The van der Waals surface area contributed by atoms with Crippen LogP contribution in [0.15, 0.2) is 42.5 Å². The van der Waals surface area contributed by atoms with Crippen molar-refractivity contribution in [2.24, 2.45) is 0 Å². The number of aliphatic hydroxyl groups excluding tert-OH is 1. The van der Waals surface area contributed by atoms with Crippen molar-refractivity contribution in [1.29, 1.82) is 0 Å². The zero-order valence-electron chi connectivity index (χ0n) is 15.4. The minimum absolute atomic E-state index is 0.0374. The molecule has 11 heteroatoms. The van der Waals surface area contributed by atoms with E-state index in [0.29, 0.717) is 20.5 Å². The molecule has 6 nitrogen and oxygen atoms in total. The quantitative estimate of drug-likeness (QED) is 0.568. The Morgan fingerprint density at radius 3 is 2.50 bits per heavy atom. The molecule has 2 N–H and O–H groups in total. The number of halogens is 4. The number of carbonyl (C=O) groups is 1. The van der Waals surface area contributed by atoms with E-state index in [4.69, 9.17) is 16.7 Å². The summed E-state index contributed by atoms with van der Waals surface area (Å²) in [5.74, 6) is -0.664. The lowest BCUT2D eigenvalue weighted by Gasteiger charge is -2.12. The first-order chi connectivity index (χ1) is 14.1. The molecule has 158 valence electrons. The van der Waals surface area contributed by atoms with Crippen LogP contribution in [-0.2, 0) is 0 Å². The summed E-state index contributed by atoms with van der Waals surface area (Å²) in [6.07, 6.45) is -4.79. The predicted octanol–water partition coefficient (Wildman–Crippen LogP) is 4.53. The molecule has 2 aromatic heterocycles. The van der Waals surface area contributed by atoms with Crippen LogP contribution in [0.1, 0.15) is 17.4 Å². The number of hydrogen-bond donors (Lipinski definition) is 2. The van der Waals surface area contributed by atoms with Crippen molar-refractivity contribution in [1.82, 2.24) is 15.3 Å². The molecule has 0 spiro atoms. The first kappa shape index (κ1) is 22.0. The third-order valence-electron chi connectivity index (χ3n) is 3.79. The van der Waals surface area contributed by atoms with E-state index in [9.17, 15) is 18.0 Å². The molecule has 1 atom stereocenters. The number of nitrogens with zero attached hydrogens (tertiary/aromatic N) is 2. The van der Waals surface area contributed by atoms with E-state index in [1.165, 1.54) is 29.5 Å². The third kappa shape index (κ3) is 5.68. The van der Waals surface area contributed by atoms with Crippen molar-refractivity contribution in [3.63, 3.8) is 0 Å². The number of benzene rings is 1. The van der Waals surface area contributed by atoms with Gasteiger partial charge in [0.15, 0.2) is 5.82 Å². The number of aromatic nitrogens is 2. The lowest BCUT2D eigenvalue weighted by molar-refractivity contribution is -0.274. The smallest absolute Gasteiger partial charge is 0.406 e. The van der Waals surface area contributed by atoms with E-state index in [1.807, 2.05) is 0 Å². The Bertz CT molecular complexity index is 1040.